The molecule has 1 amide bonds. The number of halogens is 2. The number of nitrogens with one attached hydrogen (secondary N) is 1. The summed E-state index contributed by atoms with van der Waals surface area (Å²) in [6.45, 7) is 0.0966. The normalized spacial score (nSPS) is 10.2. The second-order valence-electron chi connectivity index (χ2n) is 4.10. The van der Waals surface area contributed by atoms with Gasteiger partial charge in [0.2, 0.25) is 5.91 Å². The molecular formula is C13H15F2NO3. The molecule has 1 aromatic rings. The van der Waals surface area contributed by atoms with Crippen molar-refractivity contribution in [1.29, 1.82) is 0 Å². The van der Waals surface area contributed by atoms with Crippen LogP contribution in [-0.4, -0.2) is 23.5 Å². The Morgan fingerprint density at radius 1 is 1.16 bits per heavy atom. The lowest BCUT2D eigenvalue weighted by molar-refractivity contribution is -0.136. The zero-order chi connectivity index (χ0) is 14.3. The summed E-state index contributed by atoms with van der Waals surface area (Å²) in [4.78, 5) is 21.5. The van der Waals surface area contributed by atoms with Crippen LogP contribution in [0.3, 0.4) is 0 Å². The Bertz CT molecular complexity index is 463. The number of carbonyl (C=O) groups excluding carboxylic acids is 1. The zero-order valence-electron chi connectivity index (χ0n) is 10.3. The van der Waals surface area contributed by atoms with Crippen molar-refractivity contribution in [3.8, 4) is 0 Å². The van der Waals surface area contributed by atoms with Gasteiger partial charge in [0.05, 0.1) is 6.42 Å². The van der Waals surface area contributed by atoms with Gasteiger partial charge in [-0.15, -0.1) is 0 Å². The van der Waals surface area contributed by atoms with Crippen LogP contribution in [-0.2, 0) is 16.0 Å². The van der Waals surface area contributed by atoms with Crippen molar-refractivity contribution >= 4 is 11.9 Å². The Hall–Kier alpha value is -1.98. The summed E-state index contributed by atoms with van der Waals surface area (Å²) in [6, 6.07) is 3.63. The van der Waals surface area contributed by atoms with Gasteiger partial charge in [-0.05, 0) is 30.5 Å². The van der Waals surface area contributed by atoms with E-state index < -0.39 is 17.6 Å². The summed E-state index contributed by atoms with van der Waals surface area (Å²) < 4.78 is 25.6. The maximum absolute atomic E-state index is 12.9. The van der Waals surface area contributed by atoms with Gasteiger partial charge in [0.1, 0.15) is 0 Å². The highest BCUT2D eigenvalue weighted by Crippen LogP contribution is 2.11. The Morgan fingerprint density at radius 2 is 1.89 bits per heavy atom. The third kappa shape index (κ3) is 5.94. The van der Waals surface area contributed by atoms with Gasteiger partial charge in [-0.2, -0.15) is 0 Å². The van der Waals surface area contributed by atoms with Crippen LogP contribution in [0.2, 0.25) is 0 Å². The summed E-state index contributed by atoms with van der Waals surface area (Å²) in [5.41, 5.74) is 0.622. The third-order valence-corrected chi connectivity index (χ3v) is 2.51. The van der Waals surface area contributed by atoms with Gasteiger partial charge < -0.3 is 10.4 Å². The van der Waals surface area contributed by atoms with Gasteiger partial charge in [0.25, 0.3) is 0 Å². The first-order valence-electron chi connectivity index (χ1n) is 5.91. The number of carboxylic acids is 1. The molecule has 1 aromatic carbocycles. The van der Waals surface area contributed by atoms with Crippen molar-refractivity contribution in [1.82, 2.24) is 5.32 Å². The van der Waals surface area contributed by atoms with E-state index in [1.807, 2.05) is 0 Å². The zero-order valence-corrected chi connectivity index (χ0v) is 10.3. The highest BCUT2D eigenvalue weighted by molar-refractivity contribution is 5.76. The number of hydrogen-bond donors (Lipinski definition) is 2. The highest BCUT2D eigenvalue weighted by atomic mass is 19.2. The van der Waals surface area contributed by atoms with Crippen LogP contribution in [0.5, 0.6) is 0 Å². The molecule has 6 heteroatoms. The summed E-state index contributed by atoms with van der Waals surface area (Å²) in [5.74, 6) is -3.01. The number of aryl methyl sites for hydroxylation is 1. The summed E-state index contributed by atoms with van der Waals surface area (Å²) >= 11 is 0. The molecule has 0 saturated heterocycles. The topological polar surface area (TPSA) is 66.4 Å². The van der Waals surface area contributed by atoms with Gasteiger partial charge in [-0.3, -0.25) is 9.59 Å². The van der Waals surface area contributed by atoms with Gasteiger partial charge >= 0.3 is 5.97 Å². The Morgan fingerprint density at radius 3 is 2.53 bits per heavy atom. The number of aliphatic carboxylic acids is 1. The summed E-state index contributed by atoms with van der Waals surface area (Å²) in [5, 5.41) is 10.8. The van der Waals surface area contributed by atoms with E-state index in [0.29, 0.717) is 18.4 Å². The smallest absolute Gasteiger partial charge is 0.305 e. The van der Waals surface area contributed by atoms with Crippen LogP contribution in [0.1, 0.15) is 24.8 Å². The second-order valence-corrected chi connectivity index (χ2v) is 4.10. The van der Waals surface area contributed by atoms with Crippen molar-refractivity contribution in [2.45, 2.75) is 25.7 Å². The van der Waals surface area contributed by atoms with Gasteiger partial charge in [-0.1, -0.05) is 6.07 Å². The number of benzene rings is 1. The van der Waals surface area contributed by atoms with Crippen molar-refractivity contribution in [3.63, 3.8) is 0 Å². The van der Waals surface area contributed by atoms with Gasteiger partial charge in [0, 0.05) is 13.0 Å². The molecule has 2 N–H and O–H groups in total. The van der Waals surface area contributed by atoms with E-state index in [2.05, 4.69) is 5.32 Å². The average Bonchev–Trinajstić information content (AvgIpc) is 2.33. The van der Waals surface area contributed by atoms with E-state index in [4.69, 9.17) is 5.11 Å². The average molecular weight is 271 g/mol. The molecule has 0 aliphatic rings. The van der Waals surface area contributed by atoms with Gasteiger partial charge in [-0.25, -0.2) is 8.78 Å². The number of carbonyl (C=O) groups is 2. The minimum absolute atomic E-state index is 0.0966. The number of amides is 1. The van der Waals surface area contributed by atoms with Crippen molar-refractivity contribution < 1.29 is 23.5 Å². The molecule has 19 heavy (non-hydrogen) atoms. The first kappa shape index (κ1) is 15.1. The van der Waals surface area contributed by atoms with Gasteiger partial charge in [0.15, 0.2) is 11.6 Å². The predicted molar refractivity (Wildman–Crippen MR) is 64.6 cm³/mol. The van der Waals surface area contributed by atoms with Crippen LogP contribution in [0.15, 0.2) is 18.2 Å². The van der Waals surface area contributed by atoms with E-state index in [1.54, 1.807) is 0 Å². The molecule has 0 aromatic heterocycles. The van der Waals surface area contributed by atoms with Crippen LogP contribution in [0, 0.1) is 11.6 Å². The number of rotatable bonds is 7. The Kier molecular flexibility index (Phi) is 5.92. The first-order chi connectivity index (χ1) is 8.99. The van der Waals surface area contributed by atoms with Crippen molar-refractivity contribution in [3.05, 3.63) is 35.4 Å². The van der Waals surface area contributed by atoms with E-state index in [0.717, 1.165) is 12.1 Å². The second kappa shape index (κ2) is 7.45. The molecule has 0 atom stereocenters. The van der Waals surface area contributed by atoms with Crippen LogP contribution < -0.4 is 5.32 Å². The van der Waals surface area contributed by atoms with Crippen LogP contribution >= 0.6 is 0 Å². The lowest BCUT2D eigenvalue weighted by atomic mass is 10.1. The molecule has 4 nitrogen and oxygen atoms in total. The minimum Gasteiger partial charge on any atom is -0.481 e. The monoisotopic (exact) mass is 271 g/mol. The molecule has 104 valence electrons. The predicted octanol–water partition coefficient (Wildman–Crippen LogP) is 1.88. The molecule has 0 bridgehead atoms. The highest BCUT2D eigenvalue weighted by Gasteiger charge is 2.05. The fourth-order valence-electron chi connectivity index (χ4n) is 1.55. The first-order valence-corrected chi connectivity index (χ1v) is 5.91. The molecule has 0 fully saturated rings. The van der Waals surface area contributed by atoms with E-state index in [1.165, 1.54) is 6.07 Å². The molecule has 0 unspecified atom stereocenters. The molecular weight excluding hydrogens is 256 g/mol. The quantitative estimate of drug-likeness (QED) is 0.795. The molecule has 0 aliphatic heterocycles. The number of hydrogen-bond acceptors (Lipinski definition) is 2. The molecule has 0 spiro atoms. The lowest BCUT2D eigenvalue weighted by Gasteiger charge is -2.04. The standard InChI is InChI=1S/C13H15F2NO3/c14-10-5-4-9(8-11(10)15)2-1-3-12(17)16-7-6-13(18)19/h4-5,8H,1-3,6-7H2,(H,16,17)(H,18,19). The van der Waals surface area contributed by atoms with Crippen molar-refractivity contribution in [2.75, 3.05) is 6.54 Å². The summed E-state index contributed by atoms with van der Waals surface area (Å²) in [7, 11) is 0. The fraction of sp³-hybridized carbons (Fsp3) is 0.385. The molecule has 1 rings (SSSR count). The van der Waals surface area contributed by atoms with Crippen LogP contribution in [0.25, 0.3) is 0 Å². The Balaban J connectivity index is 2.24. The molecule has 0 saturated carbocycles. The maximum atomic E-state index is 12.9. The summed E-state index contributed by atoms with van der Waals surface area (Å²) in [6.07, 6.45) is 1.06. The van der Waals surface area contributed by atoms with Crippen molar-refractivity contribution in [2.24, 2.45) is 0 Å². The SMILES string of the molecule is O=C(O)CCNC(=O)CCCc1ccc(F)c(F)c1. The number of carboxylic acid groups (broad SMARTS) is 1. The largest absolute Gasteiger partial charge is 0.481 e. The van der Waals surface area contributed by atoms with E-state index in [9.17, 15) is 18.4 Å². The lowest BCUT2D eigenvalue weighted by Crippen LogP contribution is -2.25. The Labute approximate surface area is 109 Å². The maximum Gasteiger partial charge on any atom is 0.305 e. The minimum atomic E-state index is -0.970. The van der Waals surface area contributed by atoms with E-state index in [-0.39, 0.29) is 25.3 Å². The third-order valence-electron chi connectivity index (χ3n) is 2.51. The molecule has 0 aliphatic carbocycles. The van der Waals surface area contributed by atoms with E-state index >= 15 is 0 Å². The molecule has 0 heterocycles. The molecule has 0 radical (unpaired) electrons. The fourth-order valence-corrected chi connectivity index (χ4v) is 1.55. The van der Waals surface area contributed by atoms with Crippen LogP contribution in [0.4, 0.5) is 8.78 Å².